The Bertz CT molecular complexity index is 573. The van der Waals surface area contributed by atoms with Crippen molar-refractivity contribution in [2.75, 3.05) is 5.73 Å². The Labute approximate surface area is 124 Å². The number of nitrogens with two attached hydrogens (primary N) is 1. The van der Waals surface area contributed by atoms with Crippen LogP contribution in [0.15, 0.2) is 30.3 Å². The molecule has 0 spiro atoms. The monoisotopic (exact) mass is 291 g/mol. The molecule has 0 unspecified atom stereocenters. The molecular formula is C15H18ClN3O. The first-order valence-corrected chi connectivity index (χ1v) is 6.92. The minimum absolute atomic E-state index is 0.130. The topological polar surface area (TPSA) is 61.0 Å². The number of rotatable bonds is 5. The number of benzene rings is 1. The number of aromatic nitrogens is 2. The smallest absolute Gasteiger partial charge is 0.224 e. The van der Waals surface area contributed by atoms with Gasteiger partial charge < -0.3 is 10.5 Å². The summed E-state index contributed by atoms with van der Waals surface area (Å²) in [6.07, 6.45) is 0.753. The molecule has 4 nitrogen and oxygen atoms in total. The first-order chi connectivity index (χ1) is 9.56. The highest BCUT2D eigenvalue weighted by atomic mass is 35.5. The second-order valence-corrected chi connectivity index (χ2v) is 5.39. The highest BCUT2D eigenvalue weighted by Crippen LogP contribution is 2.27. The van der Waals surface area contributed by atoms with E-state index < -0.39 is 0 Å². The molecule has 0 bridgehead atoms. The van der Waals surface area contributed by atoms with Crippen LogP contribution in [0, 0.1) is 5.92 Å². The molecule has 0 aliphatic heterocycles. The second-order valence-electron chi connectivity index (χ2n) is 5.03. The summed E-state index contributed by atoms with van der Waals surface area (Å²) in [5.41, 5.74) is 7.52. The predicted molar refractivity (Wildman–Crippen MR) is 80.8 cm³/mol. The van der Waals surface area contributed by atoms with Crippen LogP contribution in [0.3, 0.4) is 0 Å². The van der Waals surface area contributed by atoms with Gasteiger partial charge in [-0.2, -0.15) is 4.98 Å². The first-order valence-electron chi connectivity index (χ1n) is 6.55. The van der Waals surface area contributed by atoms with Crippen LogP contribution in [0.5, 0.6) is 5.88 Å². The fourth-order valence-corrected chi connectivity index (χ4v) is 2.12. The molecule has 106 valence electrons. The van der Waals surface area contributed by atoms with E-state index in [0.29, 0.717) is 23.6 Å². The lowest BCUT2D eigenvalue weighted by atomic mass is 10.1. The lowest BCUT2D eigenvalue weighted by Gasteiger charge is -2.13. The third-order valence-electron chi connectivity index (χ3n) is 2.77. The van der Waals surface area contributed by atoms with Gasteiger partial charge in [-0.05, 0) is 17.9 Å². The molecule has 0 aliphatic rings. The molecule has 0 radical (unpaired) electrons. The molecule has 1 aromatic heterocycles. The van der Waals surface area contributed by atoms with Crippen LogP contribution in [0.1, 0.15) is 25.0 Å². The molecule has 0 saturated heterocycles. The van der Waals surface area contributed by atoms with Gasteiger partial charge in [-0.3, -0.25) is 0 Å². The number of hydrogen-bond acceptors (Lipinski definition) is 4. The second kappa shape index (κ2) is 6.57. The van der Waals surface area contributed by atoms with E-state index in [0.717, 1.165) is 17.5 Å². The highest BCUT2D eigenvalue weighted by molar-refractivity contribution is 6.30. The molecule has 1 heterocycles. The maximum Gasteiger partial charge on any atom is 0.224 e. The molecule has 0 atom stereocenters. The summed E-state index contributed by atoms with van der Waals surface area (Å²) in [6.45, 7) is 4.64. The summed E-state index contributed by atoms with van der Waals surface area (Å²) in [7, 11) is 0. The predicted octanol–water partition coefficient (Wildman–Crippen LogP) is 3.49. The standard InChI is InChI=1S/C15H18ClN3O/c1-10(2)8-12-13(16)18-15(17)19-14(12)20-9-11-6-4-3-5-7-11/h3-7,10H,8-9H2,1-2H3,(H2,17,18,19). The fraction of sp³-hybridized carbons (Fsp3) is 0.333. The van der Waals surface area contributed by atoms with Gasteiger partial charge in [-0.25, -0.2) is 4.98 Å². The van der Waals surface area contributed by atoms with E-state index in [4.69, 9.17) is 22.1 Å². The van der Waals surface area contributed by atoms with Crippen LogP contribution in [0.4, 0.5) is 5.95 Å². The highest BCUT2D eigenvalue weighted by Gasteiger charge is 2.15. The largest absolute Gasteiger partial charge is 0.472 e. The van der Waals surface area contributed by atoms with Gasteiger partial charge in [-0.15, -0.1) is 0 Å². The van der Waals surface area contributed by atoms with Crippen molar-refractivity contribution in [1.29, 1.82) is 0 Å². The molecule has 0 amide bonds. The zero-order valence-corrected chi connectivity index (χ0v) is 12.4. The van der Waals surface area contributed by atoms with Crippen LogP contribution in [-0.2, 0) is 13.0 Å². The summed E-state index contributed by atoms with van der Waals surface area (Å²) in [4.78, 5) is 8.16. The van der Waals surface area contributed by atoms with Crippen LogP contribution in [-0.4, -0.2) is 9.97 Å². The van der Waals surface area contributed by atoms with Crippen LogP contribution >= 0.6 is 11.6 Å². The molecule has 2 rings (SSSR count). The number of anilines is 1. The van der Waals surface area contributed by atoms with Crippen molar-refractivity contribution in [2.24, 2.45) is 5.92 Å². The Hall–Kier alpha value is -1.81. The Balaban J connectivity index is 2.21. The summed E-state index contributed by atoms with van der Waals surface area (Å²) in [6, 6.07) is 9.89. The van der Waals surface area contributed by atoms with Gasteiger partial charge in [0.2, 0.25) is 11.8 Å². The molecule has 2 aromatic rings. The van der Waals surface area contributed by atoms with Crippen molar-refractivity contribution in [3.63, 3.8) is 0 Å². The van der Waals surface area contributed by atoms with E-state index in [2.05, 4.69) is 23.8 Å². The average molecular weight is 292 g/mol. The zero-order valence-electron chi connectivity index (χ0n) is 11.6. The Morgan fingerprint density at radius 1 is 1.20 bits per heavy atom. The Kier molecular flexibility index (Phi) is 4.79. The number of halogens is 1. The summed E-state index contributed by atoms with van der Waals surface area (Å²) in [5.74, 6) is 1.03. The van der Waals surface area contributed by atoms with Crippen molar-refractivity contribution in [2.45, 2.75) is 26.9 Å². The van der Waals surface area contributed by atoms with Gasteiger partial charge in [0.15, 0.2) is 0 Å². The van der Waals surface area contributed by atoms with E-state index in [9.17, 15) is 0 Å². The molecular weight excluding hydrogens is 274 g/mol. The van der Waals surface area contributed by atoms with Gasteiger partial charge in [0, 0.05) is 0 Å². The number of nitrogen functional groups attached to an aromatic ring is 1. The van der Waals surface area contributed by atoms with Crippen LogP contribution in [0.2, 0.25) is 5.15 Å². The summed E-state index contributed by atoms with van der Waals surface area (Å²) >= 11 is 6.15. The van der Waals surface area contributed by atoms with Gasteiger partial charge >= 0.3 is 0 Å². The SMILES string of the molecule is CC(C)Cc1c(Cl)nc(N)nc1OCc1ccccc1. The fourth-order valence-electron chi connectivity index (χ4n) is 1.88. The quantitative estimate of drug-likeness (QED) is 0.857. The Morgan fingerprint density at radius 2 is 1.90 bits per heavy atom. The molecule has 2 N–H and O–H groups in total. The molecule has 1 aromatic carbocycles. The molecule has 0 saturated carbocycles. The van der Waals surface area contributed by atoms with Crippen molar-refractivity contribution < 1.29 is 4.74 Å². The maximum absolute atomic E-state index is 6.15. The van der Waals surface area contributed by atoms with Crippen LogP contribution in [0.25, 0.3) is 0 Å². The van der Waals surface area contributed by atoms with Gasteiger partial charge in [0.25, 0.3) is 0 Å². The zero-order chi connectivity index (χ0) is 14.5. The molecule has 5 heteroatoms. The molecule has 0 aliphatic carbocycles. The van der Waals surface area contributed by atoms with Crippen molar-refractivity contribution in [3.05, 3.63) is 46.6 Å². The summed E-state index contributed by atoms with van der Waals surface area (Å²) < 4.78 is 5.77. The Morgan fingerprint density at radius 3 is 2.55 bits per heavy atom. The van der Waals surface area contributed by atoms with Gasteiger partial charge in [-0.1, -0.05) is 55.8 Å². The maximum atomic E-state index is 6.15. The van der Waals surface area contributed by atoms with Crippen molar-refractivity contribution in [1.82, 2.24) is 9.97 Å². The third-order valence-corrected chi connectivity index (χ3v) is 3.08. The minimum atomic E-state index is 0.130. The van der Waals surface area contributed by atoms with E-state index in [1.54, 1.807) is 0 Å². The molecule has 20 heavy (non-hydrogen) atoms. The van der Waals surface area contributed by atoms with Crippen LogP contribution < -0.4 is 10.5 Å². The first kappa shape index (κ1) is 14.6. The van der Waals surface area contributed by atoms with E-state index >= 15 is 0 Å². The number of ether oxygens (including phenoxy) is 1. The minimum Gasteiger partial charge on any atom is -0.472 e. The normalized spacial score (nSPS) is 10.8. The van der Waals surface area contributed by atoms with E-state index in [1.165, 1.54) is 0 Å². The third kappa shape index (κ3) is 3.84. The number of hydrogen-bond donors (Lipinski definition) is 1. The van der Waals surface area contributed by atoms with E-state index in [1.807, 2.05) is 30.3 Å². The van der Waals surface area contributed by atoms with Gasteiger partial charge in [0.05, 0.1) is 5.56 Å². The lowest BCUT2D eigenvalue weighted by Crippen LogP contribution is -2.08. The van der Waals surface area contributed by atoms with E-state index in [-0.39, 0.29) is 5.95 Å². The lowest BCUT2D eigenvalue weighted by molar-refractivity contribution is 0.289. The molecule has 0 fully saturated rings. The van der Waals surface area contributed by atoms with Gasteiger partial charge in [0.1, 0.15) is 11.8 Å². The van der Waals surface area contributed by atoms with Crippen molar-refractivity contribution >= 4 is 17.5 Å². The number of nitrogens with zero attached hydrogens (tertiary/aromatic N) is 2. The van der Waals surface area contributed by atoms with Crippen molar-refractivity contribution in [3.8, 4) is 5.88 Å². The average Bonchev–Trinajstić information content (AvgIpc) is 2.40. The summed E-state index contributed by atoms with van der Waals surface area (Å²) in [5, 5.41) is 0.370.